The molecule has 156 valence electrons. The van der Waals surface area contributed by atoms with Crippen LogP contribution in [0.15, 0.2) is 29.3 Å². The number of amides is 1. The van der Waals surface area contributed by atoms with Crippen LogP contribution in [0.3, 0.4) is 0 Å². The van der Waals surface area contributed by atoms with E-state index in [1.54, 1.807) is 11.9 Å². The fourth-order valence-electron chi connectivity index (χ4n) is 3.29. The predicted octanol–water partition coefficient (Wildman–Crippen LogP) is 2.21. The van der Waals surface area contributed by atoms with Gasteiger partial charge in [0.1, 0.15) is 5.82 Å². The molecule has 0 radical (unpaired) electrons. The van der Waals surface area contributed by atoms with Crippen LogP contribution in [0.4, 0.5) is 9.18 Å². The maximum absolute atomic E-state index is 13.2. The Morgan fingerprint density at radius 2 is 1.96 bits per heavy atom. The Bertz CT molecular complexity index is 643. The number of likely N-dealkylation sites (tertiary alicyclic amines) is 1. The number of ether oxygens (including phenoxy) is 1. The first-order valence-electron chi connectivity index (χ1n) is 9.75. The summed E-state index contributed by atoms with van der Waals surface area (Å²) in [5.41, 5.74) is 1.04. The van der Waals surface area contributed by atoms with E-state index in [1.165, 1.54) is 12.1 Å². The van der Waals surface area contributed by atoms with E-state index >= 15 is 0 Å². The number of piperidine rings is 1. The van der Waals surface area contributed by atoms with Crippen LogP contribution < -0.4 is 10.6 Å². The van der Waals surface area contributed by atoms with E-state index in [1.807, 2.05) is 33.2 Å². The molecule has 7 nitrogen and oxygen atoms in total. The number of hydrogen-bond donors (Lipinski definition) is 2. The molecule has 0 bridgehead atoms. The molecule has 1 heterocycles. The molecule has 1 aromatic carbocycles. The number of aliphatic imine (C=N–C) groups is 1. The van der Waals surface area contributed by atoms with E-state index in [2.05, 4.69) is 20.5 Å². The van der Waals surface area contributed by atoms with Crippen molar-refractivity contribution >= 4 is 12.1 Å². The molecule has 1 aliphatic heterocycles. The minimum Gasteiger partial charge on any atom is -0.450 e. The number of likely N-dealkylation sites (N-methyl/N-ethyl adjacent to an activating group) is 1. The summed E-state index contributed by atoms with van der Waals surface area (Å²) in [4.78, 5) is 19.9. The van der Waals surface area contributed by atoms with Crippen LogP contribution in [0, 0.1) is 5.82 Å². The molecule has 1 aliphatic rings. The van der Waals surface area contributed by atoms with Gasteiger partial charge in [0.2, 0.25) is 0 Å². The number of nitrogens with zero attached hydrogens (tertiary/aromatic N) is 3. The molecule has 0 aromatic heterocycles. The molecule has 0 aliphatic carbocycles. The van der Waals surface area contributed by atoms with Crippen molar-refractivity contribution in [1.29, 1.82) is 0 Å². The van der Waals surface area contributed by atoms with Crippen molar-refractivity contribution in [1.82, 2.24) is 20.4 Å². The number of carbonyl (C=O) groups is 1. The highest BCUT2D eigenvalue weighted by Crippen LogP contribution is 2.18. The zero-order valence-electron chi connectivity index (χ0n) is 17.2. The Morgan fingerprint density at radius 3 is 2.50 bits per heavy atom. The quantitative estimate of drug-likeness (QED) is 0.573. The van der Waals surface area contributed by atoms with Gasteiger partial charge in [0.05, 0.1) is 12.6 Å². The fraction of sp³-hybridized carbons (Fsp3) is 0.600. The summed E-state index contributed by atoms with van der Waals surface area (Å²) in [6.45, 7) is 4.19. The second-order valence-electron chi connectivity index (χ2n) is 7.09. The van der Waals surface area contributed by atoms with Gasteiger partial charge in [-0.15, -0.1) is 0 Å². The summed E-state index contributed by atoms with van der Waals surface area (Å²) in [7, 11) is 5.74. The molecule has 1 unspecified atom stereocenters. The highest BCUT2D eigenvalue weighted by atomic mass is 19.1. The third-order valence-corrected chi connectivity index (χ3v) is 4.93. The van der Waals surface area contributed by atoms with Gasteiger partial charge in [-0.1, -0.05) is 12.1 Å². The van der Waals surface area contributed by atoms with Crippen molar-refractivity contribution in [2.75, 3.05) is 47.4 Å². The number of hydrogen-bond acceptors (Lipinski definition) is 4. The first-order valence-corrected chi connectivity index (χ1v) is 9.75. The monoisotopic (exact) mass is 393 g/mol. The van der Waals surface area contributed by atoms with E-state index in [0.29, 0.717) is 26.2 Å². The molecule has 1 amide bonds. The lowest BCUT2D eigenvalue weighted by molar-refractivity contribution is 0.0963. The van der Waals surface area contributed by atoms with Crippen LogP contribution in [0.2, 0.25) is 0 Å². The molecule has 1 fully saturated rings. The molecule has 8 heteroatoms. The van der Waals surface area contributed by atoms with Gasteiger partial charge < -0.3 is 25.2 Å². The number of carbonyl (C=O) groups excluding carboxylic acids is 1. The van der Waals surface area contributed by atoms with Crippen LogP contribution in [0.1, 0.15) is 31.4 Å². The lowest BCUT2D eigenvalue weighted by Crippen LogP contribution is -2.50. The van der Waals surface area contributed by atoms with Crippen molar-refractivity contribution in [2.45, 2.75) is 31.8 Å². The molecule has 28 heavy (non-hydrogen) atoms. The second kappa shape index (κ2) is 10.8. The Morgan fingerprint density at radius 1 is 1.32 bits per heavy atom. The smallest absolute Gasteiger partial charge is 0.409 e. The summed E-state index contributed by atoms with van der Waals surface area (Å²) in [6, 6.07) is 6.92. The maximum atomic E-state index is 13.2. The van der Waals surface area contributed by atoms with E-state index < -0.39 is 0 Å². The number of halogens is 1. The summed E-state index contributed by atoms with van der Waals surface area (Å²) < 4.78 is 18.3. The topological polar surface area (TPSA) is 69.2 Å². The fourth-order valence-corrected chi connectivity index (χ4v) is 3.29. The molecule has 0 spiro atoms. The predicted molar refractivity (Wildman–Crippen MR) is 109 cm³/mol. The molecule has 1 saturated heterocycles. The number of guanidine groups is 1. The third-order valence-electron chi connectivity index (χ3n) is 4.93. The van der Waals surface area contributed by atoms with Gasteiger partial charge in [-0.05, 0) is 51.6 Å². The van der Waals surface area contributed by atoms with Crippen LogP contribution in [0.25, 0.3) is 0 Å². The summed E-state index contributed by atoms with van der Waals surface area (Å²) in [6.07, 6.45) is 1.44. The van der Waals surface area contributed by atoms with E-state index in [0.717, 1.165) is 24.4 Å². The lowest BCUT2D eigenvalue weighted by Gasteiger charge is -2.33. The van der Waals surface area contributed by atoms with Crippen molar-refractivity contribution < 1.29 is 13.9 Å². The number of rotatable bonds is 6. The van der Waals surface area contributed by atoms with Crippen LogP contribution in [0.5, 0.6) is 0 Å². The molecule has 0 saturated carbocycles. The molecule has 2 N–H and O–H groups in total. The Kier molecular flexibility index (Phi) is 8.50. The van der Waals surface area contributed by atoms with E-state index in [4.69, 9.17) is 4.74 Å². The first kappa shape index (κ1) is 21.9. The average molecular weight is 394 g/mol. The first-order chi connectivity index (χ1) is 13.4. The second-order valence-corrected chi connectivity index (χ2v) is 7.09. The largest absolute Gasteiger partial charge is 0.450 e. The molecule has 1 aromatic rings. The summed E-state index contributed by atoms with van der Waals surface area (Å²) in [5, 5.41) is 6.80. The van der Waals surface area contributed by atoms with Gasteiger partial charge in [0, 0.05) is 32.7 Å². The van der Waals surface area contributed by atoms with Gasteiger partial charge in [-0.3, -0.25) is 4.99 Å². The average Bonchev–Trinajstić information content (AvgIpc) is 2.69. The number of benzene rings is 1. The van der Waals surface area contributed by atoms with Crippen molar-refractivity contribution in [2.24, 2.45) is 4.99 Å². The summed E-state index contributed by atoms with van der Waals surface area (Å²) >= 11 is 0. The van der Waals surface area contributed by atoms with Gasteiger partial charge in [-0.25, -0.2) is 9.18 Å². The van der Waals surface area contributed by atoms with Crippen LogP contribution in [-0.2, 0) is 4.74 Å². The van der Waals surface area contributed by atoms with Crippen LogP contribution in [-0.4, -0.2) is 75.3 Å². The highest BCUT2D eigenvalue weighted by molar-refractivity contribution is 5.80. The molecule has 2 rings (SSSR count). The SMILES string of the molecule is CCOC(=O)N1CCC(NC(=NC)NCC(c2ccc(F)cc2)N(C)C)CC1. The van der Waals surface area contributed by atoms with Gasteiger partial charge in [-0.2, -0.15) is 0 Å². The minimum absolute atomic E-state index is 0.0878. The molecule has 1 atom stereocenters. The maximum Gasteiger partial charge on any atom is 0.409 e. The zero-order valence-corrected chi connectivity index (χ0v) is 17.2. The van der Waals surface area contributed by atoms with E-state index in [-0.39, 0.29) is 24.0 Å². The minimum atomic E-state index is -0.239. The number of nitrogens with one attached hydrogen (secondary N) is 2. The Hall–Kier alpha value is -2.35. The molecular formula is C20H32FN5O2. The van der Waals surface area contributed by atoms with Crippen molar-refractivity contribution in [3.05, 3.63) is 35.6 Å². The van der Waals surface area contributed by atoms with E-state index in [9.17, 15) is 9.18 Å². The third kappa shape index (κ3) is 6.37. The summed E-state index contributed by atoms with van der Waals surface area (Å²) in [5.74, 6) is 0.490. The van der Waals surface area contributed by atoms with Crippen molar-refractivity contribution in [3.8, 4) is 0 Å². The van der Waals surface area contributed by atoms with Crippen LogP contribution >= 0.6 is 0 Å². The Balaban J connectivity index is 1.85. The highest BCUT2D eigenvalue weighted by Gasteiger charge is 2.24. The lowest BCUT2D eigenvalue weighted by atomic mass is 10.1. The van der Waals surface area contributed by atoms with Crippen molar-refractivity contribution in [3.63, 3.8) is 0 Å². The van der Waals surface area contributed by atoms with Gasteiger partial charge >= 0.3 is 6.09 Å². The zero-order chi connectivity index (χ0) is 20.5. The standard InChI is InChI=1S/C20H32FN5O2/c1-5-28-20(27)26-12-10-17(11-13-26)24-19(22-2)23-14-18(25(3)4)15-6-8-16(21)9-7-15/h6-9,17-18H,5,10-14H2,1-4H3,(H2,22,23,24). The normalized spacial score (nSPS) is 16.8. The van der Waals surface area contributed by atoms with Gasteiger partial charge in [0.15, 0.2) is 5.96 Å². The Labute approximate surface area is 166 Å². The molecular weight excluding hydrogens is 361 g/mol. The van der Waals surface area contributed by atoms with Gasteiger partial charge in [0.25, 0.3) is 0 Å².